The molecule has 0 fully saturated rings. The van der Waals surface area contributed by atoms with Gasteiger partial charge in [-0.3, -0.25) is 4.79 Å². The molecule has 0 aliphatic heterocycles. The van der Waals surface area contributed by atoms with Crippen LogP contribution in [0.3, 0.4) is 0 Å². The van der Waals surface area contributed by atoms with Gasteiger partial charge in [0.1, 0.15) is 5.82 Å². The first-order valence-electron chi connectivity index (χ1n) is 6.62. The summed E-state index contributed by atoms with van der Waals surface area (Å²) in [5, 5.41) is 6.18. The maximum absolute atomic E-state index is 11.1. The monoisotopic (exact) mass is 269 g/mol. The number of rotatable bonds is 4. The minimum absolute atomic E-state index is 0.0664. The van der Waals surface area contributed by atoms with Crippen LogP contribution in [0.2, 0.25) is 0 Å². The van der Waals surface area contributed by atoms with Crippen molar-refractivity contribution in [3.8, 4) is 0 Å². The summed E-state index contributed by atoms with van der Waals surface area (Å²) in [7, 11) is 0. The Hall–Kier alpha value is -2.36. The van der Waals surface area contributed by atoms with E-state index in [1.807, 2.05) is 43.3 Å². The van der Waals surface area contributed by atoms with Crippen molar-refractivity contribution < 1.29 is 4.79 Å². The lowest BCUT2D eigenvalue weighted by molar-refractivity contribution is -0.114. The van der Waals surface area contributed by atoms with Gasteiger partial charge in [0.05, 0.1) is 6.04 Å². The molecule has 104 valence electrons. The van der Waals surface area contributed by atoms with E-state index in [9.17, 15) is 4.79 Å². The van der Waals surface area contributed by atoms with E-state index in [2.05, 4.69) is 22.5 Å². The fourth-order valence-electron chi connectivity index (χ4n) is 2.01. The third kappa shape index (κ3) is 3.57. The average molecular weight is 269 g/mol. The number of nitrogens with zero attached hydrogens (tertiary/aromatic N) is 1. The number of aromatic nitrogens is 1. The van der Waals surface area contributed by atoms with Gasteiger partial charge in [-0.05, 0) is 43.2 Å². The highest BCUT2D eigenvalue weighted by atomic mass is 16.1. The van der Waals surface area contributed by atoms with Gasteiger partial charge in [0.2, 0.25) is 5.91 Å². The highest BCUT2D eigenvalue weighted by Crippen LogP contribution is 2.22. The van der Waals surface area contributed by atoms with E-state index < -0.39 is 0 Å². The Balaban J connectivity index is 2.15. The van der Waals surface area contributed by atoms with Gasteiger partial charge >= 0.3 is 0 Å². The normalized spacial score (nSPS) is 11.8. The van der Waals surface area contributed by atoms with Gasteiger partial charge in [-0.1, -0.05) is 18.2 Å². The molecule has 2 N–H and O–H groups in total. The van der Waals surface area contributed by atoms with E-state index in [-0.39, 0.29) is 11.9 Å². The fourth-order valence-corrected chi connectivity index (χ4v) is 2.01. The summed E-state index contributed by atoms with van der Waals surface area (Å²) in [5.74, 6) is 0.813. The predicted molar refractivity (Wildman–Crippen MR) is 81.8 cm³/mol. The predicted octanol–water partition coefficient (Wildman–Crippen LogP) is 3.52. The minimum atomic E-state index is -0.0664. The second kappa shape index (κ2) is 6.19. The molecule has 1 unspecified atom stereocenters. The van der Waals surface area contributed by atoms with E-state index >= 15 is 0 Å². The summed E-state index contributed by atoms with van der Waals surface area (Å²) in [6, 6.07) is 11.9. The lowest BCUT2D eigenvalue weighted by atomic mass is 10.1. The Labute approximate surface area is 119 Å². The summed E-state index contributed by atoms with van der Waals surface area (Å²) in [6.45, 7) is 5.60. The van der Waals surface area contributed by atoms with Crippen LogP contribution in [-0.4, -0.2) is 10.9 Å². The fraction of sp³-hybridized carbons (Fsp3) is 0.250. The first-order valence-corrected chi connectivity index (χ1v) is 6.62. The summed E-state index contributed by atoms with van der Waals surface area (Å²) in [4.78, 5) is 15.4. The number of benzene rings is 1. The Kier molecular flexibility index (Phi) is 4.35. The van der Waals surface area contributed by atoms with Gasteiger partial charge in [0, 0.05) is 18.8 Å². The topological polar surface area (TPSA) is 54.0 Å². The molecule has 0 radical (unpaired) electrons. The zero-order valence-electron chi connectivity index (χ0n) is 12.0. The largest absolute Gasteiger partial charge is 0.363 e. The maximum Gasteiger partial charge on any atom is 0.221 e. The van der Waals surface area contributed by atoms with Crippen LogP contribution in [0.1, 0.15) is 31.0 Å². The van der Waals surface area contributed by atoms with Crippen molar-refractivity contribution in [2.45, 2.75) is 26.8 Å². The molecule has 0 spiro atoms. The SMILES string of the molecule is CC(=O)Nc1cccc(C(C)Nc2ncccc2C)c1. The molecule has 1 amide bonds. The van der Waals surface area contributed by atoms with Gasteiger partial charge in [-0.25, -0.2) is 4.98 Å². The molecule has 0 saturated carbocycles. The van der Waals surface area contributed by atoms with Crippen LogP contribution in [0.4, 0.5) is 11.5 Å². The van der Waals surface area contributed by atoms with E-state index in [1.165, 1.54) is 6.92 Å². The number of carbonyl (C=O) groups excluding carboxylic acids is 1. The van der Waals surface area contributed by atoms with Gasteiger partial charge in [-0.2, -0.15) is 0 Å². The van der Waals surface area contributed by atoms with Crippen LogP contribution in [0.5, 0.6) is 0 Å². The number of anilines is 2. The Morgan fingerprint density at radius 2 is 2.05 bits per heavy atom. The van der Waals surface area contributed by atoms with E-state index in [0.29, 0.717) is 0 Å². The minimum Gasteiger partial charge on any atom is -0.363 e. The molecule has 1 aromatic heterocycles. The van der Waals surface area contributed by atoms with Crippen molar-refractivity contribution in [1.29, 1.82) is 0 Å². The standard InChI is InChI=1S/C16H19N3O/c1-11-6-5-9-17-16(11)18-12(2)14-7-4-8-15(10-14)19-13(3)20/h4-10,12H,1-3H3,(H,17,18)(H,19,20). The molecule has 2 rings (SSSR count). The Bertz CT molecular complexity index is 610. The lowest BCUT2D eigenvalue weighted by Gasteiger charge is -2.17. The summed E-state index contributed by atoms with van der Waals surface area (Å²) in [5.41, 5.74) is 3.01. The number of pyridine rings is 1. The highest BCUT2D eigenvalue weighted by molar-refractivity contribution is 5.88. The first-order chi connectivity index (χ1) is 9.56. The molecule has 20 heavy (non-hydrogen) atoms. The van der Waals surface area contributed by atoms with Crippen molar-refractivity contribution in [3.05, 3.63) is 53.7 Å². The first kappa shape index (κ1) is 14.1. The summed E-state index contributed by atoms with van der Waals surface area (Å²) in [6.07, 6.45) is 1.77. The molecular formula is C16H19N3O. The van der Waals surface area contributed by atoms with Gasteiger partial charge in [0.25, 0.3) is 0 Å². The quantitative estimate of drug-likeness (QED) is 0.893. The van der Waals surface area contributed by atoms with E-state index in [0.717, 1.165) is 22.6 Å². The number of nitrogens with one attached hydrogen (secondary N) is 2. The molecule has 0 aliphatic rings. The molecule has 2 aromatic rings. The number of aryl methyl sites for hydroxylation is 1. The van der Waals surface area contributed by atoms with E-state index in [1.54, 1.807) is 6.20 Å². The van der Waals surface area contributed by atoms with Crippen molar-refractivity contribution in [1.82, 2.24) is 4.98 Å². The van der Waals surface area contributed by atoms with Crippen molar-refractivity contribution in [2.24, 2.45) is 0 Å². The van der Waals surface area contributed by atoms with Crippen LogP contribution in [0.25, 0.3) is 0 Å². The van der Waals surface area contributed by atoms with Crippen LogP contribution in [0.15, 0.2) is 42.6 Å². The molecule has 4 heteroatoms. The maximum atomic E-state index is 11.1. The molecule has 1 atom stereocenters. The molecule has 4 nitrogen and oxygen atoms in total. The van der Waals surface area contributed by atoms with Crippen molar-refractivity contribution in [2.75, 3.05) is 10.6 Å². The second-order valence-corrected chi connectivity index (χ2v) is 4.84. The third-order valence-electron chi connectivity index (χ3n) is 3.07. The number of hydrogen-bond acceptors (Lipinski definition) is 3. The lowest BCUT2D eigenvalue weighted by Crippen LogP contribution is -2.10. The highest BCUT2D eigenvalue weighted by Gasteiger charge is 2.08. The number of carbonyl (C=O) groups is 1. The Morgan fingerprint density at radius 1 is 1.25 bits per heavy atom. The average Bonchev–Trinajstić information content (AvgIpc) is 2.41. The van der Waals surface area contributed by atoms with Gasteiger partial charge < -0.3 is 10.6 Å². The summed E-state index contributed by atoms with van der Waals surface area (Å²) < 4.78 is 0. The van der Waals surface area contributed by atoms with Crippen LogP contribution >= 0.6 is 0 Å². The molecule has 0 bridgehead atoms. The molecule has 0 aliphatic carbocycles. The molecule has 1 heterocycles. The molecule has 0 saturated heterocycles. The smallest absolute Gasteiger partial charge is 0.221 e. The zero-order chi connectivity index (χ0) is 14.5. The van der Waals surface area contributed by atoms with Crippen molar-refractivity contribution >= 4 is 17.4 Å². The van der Waals surface area contributed by atoms with Crippen molar-refractivity contribution in [3.63, 3.8) is 0 Å². The van der Waals surface area contributed by atoms with Gasteiger partial charge in [-0.15, -0.1) is 0 Å². The number of hydrogen-bond donors (Lipinski definition) is 2. The van der Waals surface area contributed by atoms with Crippen LogP contribution in [-0.2, 0) is 4.79 Å². The zero-order valence-corrected chi connectivity index (χ0v) is 12.0. The van der Waals surface area contributed by atoms with E-state index in [4.69, 9.17) is 0 Å². The third-order valence-corrected chi connectivity index (χ3v) is 3.07. The van der Waals surface area contributed by atoms with Crippen LogP contribution < -0.4 is 10.6 Å². The molecule has 1 aromatic carbocycles. The molecular weight excluding hydrogens is 250 g/mol. The Morgan fingerprint density at radius 3 is 2.75 bits per heavy atom. The van der Waals surface area contributed by atoms with Crippen LogP contribution in [0, 0.1) is 6.92 Å². The second-order valence-electron chi connectivity index (χ2n) is 4.84. The van der Waals surface area contributed by atoms with Gasteiger partial charge in [0.15, 0.2) is 0 Å². The number of amides is 1. The summed E-state index contributed by atoms with van der Waals surface area (Å²) >= 11 is 0.